The highest BCUT2D eigenvalue weighted by atomic mass is 32.2. The van der Waals surface area contributed by atoms with E-state index >= 15 is 0 Å². The number of carboxylic acid groups (broad SMARTS) is 1. The molecule has 0 radical (unpaired) electrons. The summed E-state index contributed by atoms with van der Waals surface area (Å²) in [6, 6.07) is 12.9. The third-order valence-electron chi connectivity index (χ3n) is 3.80. The summed E-state index contributed by atoms with van der Waals surface area (Å²) in [5.74, 6) is -0.828. The van der Waals surface area contributed by atoms with E-state index in [4.69, 9.17) is 4.74 Å². The molecule has 0 unspecified atom stereocenters. The summed E-state index contributed by atoms with van der Waals surface area (Å²) in [5.41, 5.74) is 1.26. The molecule has 1 atom stereocenters. The number of anilines is 1. The lowest BCUT2D eigenvalue weighted by Gasteiger charge is -2.12. The van der Waals surface area contributed by atoms with Gasteiger partial charge in [-0.2, -0.15) is 4.68 Å². The third kappa shape index (κ3) is 4.46. The second-order valence-electron chi connectivity index (χ2n) is 5.69. The van der Waals surface area contributed by atoms with Crippen molar-refractivity contribution < 1.29 is 19.4 Å². The SMILES string of the molecule is COc1ccc(-n2nnnc2S[C@H](C)C(=O)Nc2ccc(C(=O)[O-])cc2)cc1. The summed E-state index contributed by atoms with van der Waals surface area (Å²) in [6.07, 6.45) is 0. The number of methoxy groups -OCH3 is 1. The van der Waals surface area contributed by atoms with E-state index in [1.54, 1.807) is 26.2 Å². The zero-order chi connectivity index (χ0) is 20.1. The Labute approximate surface area is 164 Å². The maximum atomic E-state index is 12.4. The first-order valence-electron chi connectivity index (χ1n) is 8.19. The number of benzene rings is 2. The summed E-state index contributed by atoms with van der Waals surface area (Å²) >= 11 is 1.20. The molecule has 0 bridgehead atoms. The molecule has 1 heterocycles. The van der Waals surface area contributed by atoms with Gasteiger partial charge in [0, 0.05) is 5.69 Å². The molecule has 0 aliphatic rings. The molecule has 3 rings (SSSR count). The van der Waals surface area contributed by atoms with Crippen molar-refractivity contribution in [3.8, 4) is 11.4 Å². The number of carboxylic acids is 1. The number of hydrogen-bond acceptors (Lipinski definition) is 8. The standard InChI is InChI=1S/C18H17N5O4S/c1-11(16(24)19-13-5-3-12(4-6-13)17(25)26)28-18-20-21-22-23(18)14-7-9-15(27-2)10-8-14/h3-11H,1-2H3,(H,19,24)(H,25,26)/p-1/t11-/m1/s1. The number of rotatable bonds is 7. The van der Waals surface area contributed by atoms with Crippen LogP contribution in [-0.4, -0.2) is 44.4 Å². The van der Waals surface area contributed by atoms with E-state index in [2.05, 4.69) is 20.8 Å². The molecule has 3 aromatic rings. The Bertz CT molecular complexity index is 972. The third-order valence-corrected chi connectivity index (χ3v) is 4.83. The summed E-state index contributed by atoms with van der Waals surface area (Å²) < 4.78 is 6.67. The smallest absolute Gasteiger partial charge is 0.237 e. The largest absolute Gasteiger partial charge is 0.545 e. The Balaban J connectivity index is 1.67. The van der Waals surface area contributed by atoms with Crippen LogP contribution in [0.4, 0.5) is 5.69 Å². The van der Waals surface area contributed by atoms with Gasteiger partial charge in [0.2, 0.25) is 11.1 Å². The van der Waals surface area contributed by atoms with Crippen molar-refractivity contribution in [2.45, 2.75) is 17.3 Å². The summed E-state index contributed by atoms with van der Waals surface area (Å²) in [5, 5.41) is 25.1. The van der Waals surface area contributed by atoms with Crippen LogP contribution < -0.4 is 15.2 Å². The normalized spacial score (nSPS) is 11.6. The average Bonchev–Trinajstić information content (AvgIpc) is 3.16. The van der Waals surface area contributed by atoms with Gasteiger partial charge in [0.15, 0.2) is 0 Å². The lowest BCUT2D eigenvalue weighted by atomic mass is 10.2. The second-order valence-corrected chi connectivity index (χ2v) is 6.99. The van der Waals surface area contributed by atoms with Crippen LogP contribution >= 0.6 is 11.8 Å². The molecule has 1 N–H and O–H groups in total. The highest BCUT2D eigenvalue weighted by molar-refractivity contribution is 8.00. The molecule has 0 aliphatic heterocycles. The highest BCUT2D eigenvalue weighted by Gasteiger charge is 2.19. The van der Waals surface area contributed by atoms with Crippen LogP contribution in [0.1, 0.15) is 17.3 Å². The molecule has 0 aliphatic carbocycles. The Morgan fingerprint density at radius 1 is 1.14 bits per heavy atom. The number of aromatic carboxylic acids is 1. The van der Waals surface area contributed by atoms with Crippen molar-refractivity contribution in [3.63, 3.8) is 0 Å². The zero-order valence-electron chi connectivity index (χ0n) is 15.0. The van der Waals surface area contributed by atoms with Gasteiger partial charge in [0.05, 0.1) is 24.0 Å². The van der Waals surface area contributed by atoms with E-state index in [9.17, 15) is 14.7 Å². The summed E-state index contributed by atoms with van der Waals surface area (Å²) in [7, 11) is 1.58. The van der Waals surface area contributed by atoms with Gasteiger partial charge in [-0.25, -0.2) is 0 Å². The predicted molar refractivity (Wildman–Crippen MR) is 100 cm³/mol. The van der Waals surface area contributed by atoms with E-state index < -0.39 is 11.2 Å². The van der Waals surface area contributed by atoms with Crippen LogP contribution in [0.3, 0.4) is 0 Å². The maximum absolute atomic E-state index is 12.4. The van der Waals surface area contributed by atoms with Gasteiger partial charge in [-0.1, -0.05) is 23.9 Å². The minimum atomic E-state index is -1.27. The fourth-order valence-electron chi connectivity index (χ4n) is 2.28. The van der Waals surface area contributed by atoms with Crippen molar-refractivity contribution in [2.75, 3.05) is 12.4 Å². The monoisotopic (exact) mass is 398 g/mol. The number of thioether (sulfide) groups is 1. The number of hydrogen-bond donors (Lipinski definition) is 1. The topological polar surface area (TPSA) is 122 Å². The van der Waals surface area contributed by atoms with Gasteiger partial charge in [0.1, 0.15) is 5.75 Å². The van der Waals surface area contributed by atoms with Gasteiger partial charge in [-0.3, -0.25) is 4.79 Å². The lowest BCUT2D eigenvalue weighted by molar-refractivity contribution is -0.255. The fourth-order valence-corrected chi connectivity index (χ4v) is 3.09. The van der Waals surface area contributed by atoms with E-state index in [1.165, 1.54) is 40.7 Å². The first-order chi connectivity index (χ1) is 13.5. The van der Waals surface area contributed by atoms with Gasteiger partial charge >= 0.3 is 0 Å². The van der Waals surface area contributed by atoms with E-state index in [0.29, 0.717) is 16.6 Å². The number of carbonyl (C=O) groups excluding carboxylic acids is 2. The summed E-state index contributed by atoms with van der Waals surface area (Å²) in [6.45, 7) is 1.72. The molecule has 0 saturated carbocycles. The molecule has 144 valence electrons. The molecule has 0 saturated heterocycles. The van der Waals surface area contributed by atoms with Gasteiger partial charge < -0.3 is 20.0 Å². The number of nitrogens with zero attached hydrogens (tertiary/aromatic N) is 4. The molecule has 1 aromatic heterocycles. The van der Waals surface area contributed by atoms with Gasteiger partial charge in [-0.05, 0) is 59.3 Å². The van der Waals surface area contributed by atoms with Crippen LogP contribution in [0, 0.1) is 0 Å². The van der Waals surface area contributed by atoms with Crippen molar-refractivity contribution in [1.82, 2.24) is 20.2 Å². The fraction of sp³-hybridized carbons (Fsp3) is 0.167. The number of aromatic nitrogens is 4. The van der Waals surface area contributed by atoms with Crippen molar-refractivity contribution >= 4 is 29.3 Å². The molecule has 0 fully saturated rings. The molecule has 0 spiro atoms. The summed E-state index contributed by atoms with van der Waals surface area (Å²) in [4.78, 5) is 23.2. The minimum absolute atomic E-state index is 0.0408. The zero-order valence-corrected chi connectivity index (χ0v) is 15.8. The highest BCUT2D eigenvalue weighted by Crippen LogP contribution is 2.24. The average molecular weight is 398 g/mol. The lowest BCUT2D eigenvalue weighted by Crippen LogP contribution is -2.24. The number of ether oxygens (including phenoxy) is 1. The number of amides is 1. The first kappa shape index (κ1) is 19.4. The Morgan fingerprint density at radius 2 is 1.82 bits per heavy atom. The predicted octanol–water partition coefficient (Wildman–Crippen LogP) is 1.15. The molecular formula is C18H16N5O4S-. The molecule has 9 nitrogen and oxygen atoms in total. The Hall–Kier alpha value is -3.40. The van der Waals surface area contributed by atoms with Gasteiger partial charge in [0.25, 0.3) is 0 Å². The molecule has 10 heteroatoms. The molecule has 1 amide bonds. The van der Waals surface area contributed by atoms with Crippen molar-refractivity contribution in [3.05, 3.63) is 54.1 Å². The number of tetrazole rings is 1. The van der Waals surface area contributed by atoms with Crippen LogP contribution in [0.15, 0.2) is 53.7 Å². The van der Waals surface area contributed by atoms with E-state index in [-0.39, 0.29) is 11.5 Å². The van der Waals surface area contributed by atoms with Crippen LogP contribution in [0.2, 0.25) is 0 Å². The van der Waals surface area contributed by atoms with Crippen molar-refractivity contribution in [1.29, 1.82) is 0 Å². The Morgan fingerprint density at radius 3 is 2.43 bits per heavy atom. The second kappa shape index (κ2) is 8.53. The van der Waals surface area contributed by atoms with Crippen LogP contribution in [0.5, 0.6) is 5.75 Å². The van der Waals surface area contributed by atoms with Gasteiger partial charge in [-0.15, -0.1) is 5.10 Å². The van der Waals surface area contributed by atoms with Crippen LogP contribution in [0.25, 0.3) is 5.69 Å². The van der Waals surface area contributed by atoms with Crippen LogP contribution in [-0.2, 0) is 4.79 Å². The molecular weight excluding hydrogens is 382 g/mol. The number of nitrogens with one attached hydrogen (secondary N) is 1. The Kier molecular flexibility index (Phi) is 5.90. The molecule has 28 heavy (non-hydrogen) atoms. The molecule has 2 aromatic carbocycles. The van der Waals surface area contributed by atoms with E-state index in [0.717, 1.165) is 5.69 Å². The first-order valence-corrected chi connectivity index (χ1v) is 9.07. The maximum Gasteiger partial charge on any atom is 0.237 e. The minimum Gasteiger partial charge on any atom is -0.545 e. The quantitative estimate of drug-likeness (QED) is 0.588. The number of carbonyl (C=O) groups is 2. The van der Waals surface area contributed by atoms with E-state index in [1.807, 2.05) is 12.1 Å². The van der Waals surface area contributed by atoms with Crippen molar-refractivity contribution in [2.24, 2.45) is 0 Å².